The number of hydrogen-bond acceptors (Lipinski definition) is 14. The zero-order valence-corrected chi connectivity index (χ0v) is 29.5. The maximum atomic E-state index is 12.0. The highest BCUT2D eigenvalue weighted by atomic mass is 16.5. The third kappa shape index (κ3) is 27.5. The minimum atomic E-state index is -1.46. The number of aliphatic carboxylic acids is 2. The van der Waals surface area contributed by atoms with Crippen molar-refractivity contribution in [3.63, 3.8) is 0 Å². The first-order valence-electron chi connectivity index (χ1n) is 15.2. The van der Waals surface area contributed by atoms with E-state index < -0.39 is 60.7 Å². The molecule has 0 radical (unpaired) electrons. The molecule has 0 aliphatic heterocycles. The summed E-state index contributed by atoms with van der Waals surface area (Å²) in [5.41, 5.74) is 0. The van der Waals surface area contributed by atoms with E-state index in [1.54, 1.807) is 34.6 Å². The van der Waals surface area contributed by atoms with Gasteiger partial charge in [0, 0.05) is 11.8 Å². The lowest BCUT2D eigenvalue weighted by molar-refractivity contribution is -0.306. The van der Waals surface area contributed by atoms with Crippen molar-refractivity contribution in [2.75, 3.05) is 66.7 Å². The van der Waals surface area contributed by atoms with E-state index in [-0.39, 0.29) is 72.0 Å². The highest BCUT2D eigenvalue weighted by Gasteiger charge is 2.25. The van der Waals surface area contributed by atoms with Gasteiger partial charge in [0.15, 0.2) is 0 Å². The Morgan fingerprint density at radius 3 is 1.25 bits per heavy atom. The van der Waals surface area contributed by atoms with E-state index >= 15 is 0 Å². The zero-order valence-electron chi connectivity index (χ0n) is 29.5. The number of rotatable bonds is 19. The fourth-order valence-electron chi connectivity index (χ4n) is 3.22. The Bertz CT molecular complexity index is 1110. The average Bonchev–Trinajstić information content (AvgIpc) is 3.05. The van der Waals surface area contributed by atoms with Crippen LogP contribution in [0.3, 0.4) is 0 Å². The second kappa shape index (κ2) is 32.2. The molecule has 2 atom stereocenters. The van der Waals surface area contributed by atoms with Crippen LogP contribution in [0.4, 0.5) is 0 Å². The predicted molar refractivity (Wildman–Crippen MR) is 182 cm³/mol. The zero-order chi connectivity index (χ0) is 38.7. The number of carbonyl (C=O) groups excluding carboxylic acids is 8. The highest BCUT2D eigenvalue weighted by Crippen LogP contribution is 2.08. The lowest BCUT2D eigenvalue weighted by Crippen LogP contribution is -2.45. The van der Waals surface area contributed by atoms with Gasteiger partial charge in [-0.05, 0) is 32.8 Å². The molecule has 0 spiro atoms. The van der Waals surface area contributed by atoms with Crippen LogP contribution in [0, 0.1) is 11.8 Å². The second-order valence-electron chi connectivity index (χ2n) is 9.93. The van der Waals surface area contributed by atoms with Crippen molar-refractivity contribution in [3.8, 4) is 0 Å². The standard InChI is InChI=1S/C12H21NO5.C10H15NO5.C9H15NO5.2CH4/c1-5-9(3)12(16)13(7-10(14)17-4)8-11(15)18-6-2;1-4-8(12)11(6-9(13)15-3)7-10(14)16-5-2;1-3-6(2)9(15)10(4-7(11)12)5-8(13)14;;/h9H,5-8H2,1-4H3;4H,1,5-7H2,2-3H3;6H,3-5H2,1-2H3,(H,11,12)(H,13,14);2*1H4/p-1. The molecular weight excluding hydrogens is 678 g/mol. The molecule has 0 fully saturated rings. The largest absolute Gasteiger partial charge is 0.548 e. The Hall–Kier alpha value is -5.03. The average molecular weight is 737 g/mol. The molecule has 0 aromatic carbocycles. The lowest BCUT2D eigenvalue weighted by Gasteiger charge is -2.23. The topological polar surface area (TPSA) is 244 Å². The summed E-state index contributed by atoms with van der Waals surface area (Å²) in [6.07, 6.45) is 2.18. The maximum absolute atomic E-state index is 12.0. The SMILES string of the molecule is C.C.C=CC(=O)N(CC(=O)OC)CC(=O)OCC.CCC(C)C(=O)N(CC(=O)[O-])CC(=O)O.CCOC(=O)CN(CC(=O)OC)C(=O)C(C)CC. The molecule has 0 rings (SSSR count). The Kier molecular flexibility index (Phi) is 35.0. The molecule has 1 N–H and O–H groups in total. The van der Waals surface area contributed by atoms with Gasteiger partial charge in [0.2, 0.25) is 17.7 Å². The summed E-state index contributed by atoms with van der Waals surface area (Å²) in [5, 5.41) is 18.8. The van der Waals surface area contributed by atoms with Crippen molar-refractivity contribution in [2.45, 2.75) is 69.2 Å². The summed E-state index contributed by atoms with van der Waals surface area (Å²) in [5.74, 6) is -6.89. The molecule has 0 saturated heterocycles. The molecule has 0 saturated carbocycles. The van der Waals surface area contributed by atoms with Gasteiger partial charge in [-0.2, -0.15) is 0 Å². The van der Waals surface area contributed by atoms with Crippen molar-refractivity contribution in [2.24, 2.45) is 11.8 Å². The van der Waals surface area contributed by atoms with Crippen LogP contribution >= 0.6 is 0 Å². The summed E-state index contributed by atoms with van der Waals surface area (Å²) >= 11 is 0. The van der Waals surface area contributed by atoms with Crippen molar-refractivity contribution in [1.29, 1.82) is 0 Å². The van der Waals surface area contributed by atoms with Gasteiger partial charge in [0.05, 0.1) is 39.9 Å². The van der Waals surface area contributed by atoms with Gasteiger partial charge in [0.25, 0.3) is 0 Å². The molecule has 51 heavy (non-hydrogen) atoms. The number of amides is 3. The molecule has 3 amide bonds. The van der Waals surface area contributed by atoms with Crippen molar-refractivity contribution >= 4 is 53.5 Å². The van der Waals surface area contributed by atoms with Gasteiger partial charge < -0.3 is 48.7 Å². The molecule has 0 aliphatic rings. The molecule has 0 aromatic heterocycles. The Morgan fingerprint density at radius 2 is 0.961 bits per heavy atom. The van der Waals surface area contributed by atoms with Gasteiger partial charge in [-0.15, -0.1) is 0 Å². The molecule has 0 aliphatic carbocycles. The number of methoxy groups -OCH3 is 2. The van der Waals surface area contributed by atoms with Crippen LogP contribution in [0.15, 0.2) is 12.7 Å². The van der Waals surface area contributed by atoms with E-state index in [0.717, 1.165) is 20.8 Å². The molecular formula is C33H58N3O15-. The van der Waals surface area contributed by atoms with Gasteiger partial charge in [-0.3, -0.25) is 38.4 Å². The maximum Gasteiger partial charge on any atom is 0.325 e. The van der Waals surface area contributed by atoms with Crippen molar-refractivity contribution in [1.82, 2.24) is 14.7 Å². The fraction of sp³-hybridized carbons (Fsp3) is 0.667. The molecule has 0 bridgehead atoms. The third-order valence-corrected chi connectivity index (χ3v) is 6.17. The van der Waals surface area contributed by atoms with E-state index in [4.69, 9.17) is 9.84 Å². The van der Waals surface area contributed by atoms with Crippen LogP contribution in [-0.2, 0) is 62.1 Å². The van der Waals surface area contributed by atoms with Crippen LogP contribution < -0.4 is 5.11 Å². The number of ether oxygens (including phenoxy) is 4. The van der Waals surface area contributed by atoms with Gasteiger partial charge in [0.1, 0.15) is 32.7 Å². The van der Waals surface area contributed by atoms with Crippen LogP contribution in [0.5, 0.6) is 0 Å². The van der Waals surface area contributed by atoms with Crippen LogP contribution in [0.25, 0.3) is 0 Å². The Balaban J connectivity index is -0.000000204. The van der Waals surface area contributed by atoms with Gasteiger partial charge >= 0.3 is 29.8 Å². The van der Waals surface area contributed by atoms with Gasteiger partial charge in [-0.25, -0.2) is 0 Å². The fourth-order valence-corrected chi connectivity index (χ4v) is 3.22. The molecule has 296 valence electrons. The summed E-state index contributed by atoms with van der Waals surface area (Å²) in [6.45, 7) is 11.7. The second-order valence-corrected chi connectivity index (χ2v) is 9.93. The minimum Gasteiger partial charge on any atom is -0.548 e. The van der Waals surface area contributed by atoms with Crippen molar-refractivity contribution < 1.29 is 72.3 Å². The molecule has 0 heterocycles. The normalized spacial score (nSPS) is 10.4. The predicted octanol–water partition coefficient (Wildman–Crippen LogP) is 0.302. The van der Waals surface area contributed by atoms with E-state index in [0.29, 0.717) is 12.8 Å². The van der Waals surface area contributed by atoms with Crippen LogP contribution in [-0.4, -0.2) is 140 Å². The van der Waals surface area contributed by atoms with Crippen LogP contribution in [0.1, 0.15) is 69.2 Å². The molecule has 18 heteroatoms. The van der Waals surface area contributed by atoms with E-state index in [9.17, 15) is 48.3 Å². The highest BCUT2D eigenvalue weighted by molar-refractivity contribution is 5.92. The smallest absolute Gasteiger partial charge is 0.325 e. The number of carboxylic acid groups (broad SMARTS) is 2. The van der Waals surface area contributed by atoms with Gasteiger partial charge in [-0.1, -0.05) is 49.1 Å². The van der Waals surface area contributed by atoms with E-state index in [1.165, 1.54) is 14.2 Å². The number of carboxylic acids is 2. The summed E-state index contributed by atoms with van der Waals surface area (Å²) in [7, 11) is 2.43. The molecule has 18 nitrogen and oxygen atoms in total. The monoisotopic (exact) mass is 736 g/mol. The van der Waals surface area contributed by atoms with Crippen LogP contribution in [0.2, 0.25) is 0 Å². The summed E-state index contributed by atoms with van der Waals surface area (Å²) < 4.78 is 18.3. The Morgan fingerprint density at radius 1 is 0.627 bits per heavy atom. The summed E-state index contributed by atoms with van der Waals surface area (Å²) in [4.78, 5) is 103. The number of carbonyl (C=O) groups is 9. The first-order valence-corrected chi connectivity index (χ1v) is 15.2. The molecule has 2 unspecified atom stereocenters. The Labute approximate surface area is 301 Å². The lowest BCUT2D eigenvalue weighted by atomic mass is 10.1. The van der Waals surface area contributed by atoms with E-state index in [1.807, 2.05) is 6.92 Å². The summed E-state index contributed by atoms with van der Waals surface area (Å²) in [6, 6.07) is 0. The van der Waals surface area contributed by atoms with Crippen molar-refractivity contribution in [3.05, 3.63) is 12.7 Å². The first-order chi connectivity index (χ1) is 22.9. The number of nitrogens with zero attached hydrogens (tertiary/aromatic N) is 3. The van der Waals surface area contributed by atoms with E-state index in [2.05, 4.69) is 20.8 Å². The number of esters is 4. The molecule has 0 aromatic rings. The quantitative estimate of drug-likeness (QED) is 0.107. The number of hydrogen-bond donors (Lipinski definition) is 1. The third-order valence-electron chi connectivity index (χ3n) is 6.17. The minimum absolute atomic E-state index is 0. The first kappa shape index (κ1) is 55.4.